The summed E-state index contributed by atoms with van der Waals surface area (Å²) in [5, 5.41) is 5.70. The highest BCUT2D eigenvalue weighted by Crippen LogP contribution is 2.36. The van der Waals surface area contributed by atoms with Gasteiger partial charge in [0.25, 0.3) is 11.5 Å². The van der Waals surface area contributed by atoms with Gasteiger partial charge in [-0.25, -0.2) is 0 Å². The summed E-state index contributed by atoms with van der Waals surface area (Å²) in [7, 11) is 0. The summed E-state index contributed by atoms with van der Waals surface area (Å²) in [5.74, 6) is 0.364. The number of benzene rings is 3. The van der Waals surface area contributed by atoms with Crippen LogP contribution in [0.5, 0.6) is 0 Å². The fourth-order valence-electron chi connectivity index (χ4n) is 4.24. The zero-order valence-corrected chi connectivity index (χ0v) is 18.0. The van der Waals surface area contributed by atoms with Crippen LogP contribution in [-0.2, 0) is 6.54 Å². The molecule has 5 nitrogen and oxygen atoms in total. The number of hydrogen-bond acceptors (Lipinski definition) is 3. The standard InChI is InChI=1S/C27H25N3O2/c1-19(21-16-17-21)29(18-20-10-4-2-5-11-20)27(32)25-23-14-8-9-15-24(23)26(31)30(28-25)22-12-6-3-7-13-22/h2-15,19,21H,16-18H2,1H3. The number of nitrogens with zero attached hydrogens (tertiary/aromatic N) is 3. The monoisotopic (exact) mass is 423 g/mol. The molecule has 1 unspecified atom stereocenters. The molecule has 0 bridgehead atoms. The predicted octanol–water partition coefficient (Wildman–Crippen LogP) is 4.83. The summed E-state index contributed by atoms with van der Waals surface area (Å²) < 4.78 is 1.35. The van der Waals surface area contributed by atoms with Crippen molar-refractivity contribution in [3.05, 3.63) is 107 Å². The molecule has 1 saturated carbocycles. The van der Waals surface area contributed by atoms with E-state index in [4.69, 9.17) is 0 Å². The second-order valence-electron chi connectivity index (χ2n) is 8.44. The summed E-state index contributed by atoms with van der Waals surface area (Å²) in [5.41, 5.74) is 1.80. The van der Waals surface area contributed by atoms with Crippen LogP contribution in [0.1, 0.15) is 35.8 Å². The molecule has 5 rings (SSSR count). The third kappa shape index (κ3) is 3.82. The molecule has 0 N–H and O–H groups in total. The van der Waals surface area contributed by atoms with Crippen molar-refractivity contribution in [1.82, 2.24) is 14.7 Å². The van der Waals surface area contributed by atoms with Crippen LogP contribution < -0.4 is 5.56 Å². The van der Waals surface area contributed by atoms with E-state index in [0.29, 0.717) is 34.6 Å². The lowest BCUT2D eigenvalue weighted by Gasteiger charge is -2.30. The summed E-state index contributed by atoms with van der Waals surface area (Å²) >= 11 is 0. The Labute approximate surface area is 186 Å². The number of carbonyl (C=O) groups is 1. The molecule has 1 aromatic heterocycles. The van der Waals surface area contributed by atoms with E-state index in [-0.39, 0.29) is 17.5 Å². The van der Waals surface area contributed by atoms with Crippen molar-refractivity contribution >= 4 is 16.7 Å². The lowest BCUT2D eigenvalue weighted by atomic mass is 10.1. The Morgan fingerprint density at radius 3 is 2.19 bits per heavy atom. The van der Waals surface area contributed by atoms with Gasteiger partial charge < -0.3 is 4.90 Å². The van der Waals surface area contributed by atoms with Gasteiger partial charge in [-0.1, -0.05) is 66.7 Å². The zero-order valence-electron chi connectivity index (χ0n) is 18.0. The van der Waals surface area contributed by atoms with Crippen LogP contribution in [-0.4, -0.2) is 26.6 Å². The number of para-hydroxylation sites is 1. The molecule has 0 aliphatic heterocycles. The summed E-state index contributed by atoms with van der Waals surface area (Å²) in [6, 6.07) is 26.6. The highest BCUT2D eigenvalue weighted by molar-refractivity contribution is 6.05. The van der Waals surface area contributed by atoms with E-state index in [9.17, 15) is 9.59 Å². The number of aromatic nitrogens is 2. The van der Waals surface area contributed by atoms with Gasteiger partial charge in [0.1, 0.15) is 0 Å². The number of amides is 1. The summed E-state index contributed by atoms with van der Waals surface area (Å²) in [4.78, 5) is 29.1. The van der Waals surface area contributed by atoms with Crippen LogP contribution in [0.15, 0.2) is 89.7 Å². The minimum Gasteiger partial charge on any atom is -0.330 e. The van der Waals surface area contributed by atoms with Crippen molar-refractivity contribution in [2.24, 2.45) is 5.92 Å². The number of carbonyl (C=O) groups excluding carboxylic acids is 1. The average Bonchev–Trinajstić information content (AvgIpc) is 3.69. The minimum atomic E-state index is -0.229. The van der Waals surface area contributed by atoms with Crippen LogP contribution in [0, 0.1) is 5.92 Å². The zero-order chi connectivity index (χ0) is 22.1. The van der Waals surface area contributed by atoms with Crippen LogP contribution in [0.25, 0.3) is 16.5 Å². The molecule has 3 aromatic carbocycles. The quantitative estimate of drug-likeness (QED) is 0.446. The molecule has 0 saturated heterocycles. The van der Waals surface area contributed by atoms with E-state index in [1.807, 2.05) is 83.8 Å². The number of rotatable bonds is 6. The smallest absolute Gasteiger partial charge is 0.279 e. The largest absolute Gasteiger partial charge is 0.330 e. The highest BCUT2D eigenvalue weighted by Gasteiger charge is 2.36. The number of hydrogen-bond donors (Lipinski definition) is 0. The van der Waals surface area contributed by atoms with E-state index in [2.05, 4.69) is 12.0 Å². The van der Waals surface area contributed by atoms with E-state index >= 15 is 0 Å². The first kappa shape index (κ1) is 20.2. The molecule has 0 spiro atoms. The number of fused-ring (bicyclic) bond motifs is 1. The van der Waals surface area contributed by atoms with Crippen LogP contribution in [0.2, 0.25) is 0 Å². The molecule has 1 heterocycles. The molecule has 1 atom stereocenters. The van der Waals surface area contributed by atoms with Crippen LogP contribution >= 0.6 is 0 Å². The maximum atomic E-state index is 14.0. The SMILES string of the molecule is CC(C1CC1)N(Cc1ccccc1)C(=O)c1nn(-c2ccccc2)c(=O)c2ccccc12. The first-order valence-electron chi connectivity index (χ1n) is 11.1. The molecule has 32 heavy (non-hydrogen) atoms. The molecular weight excluding hydrogens is 398 g/mol. The first-order valence-corrected chi connectivity index (χ1v) is 11.1. The fourth-order valence-corrected chi connectivity index (χ4v) is 4.24. The molecule has 1 fully saturated rings. The third-order valence-corrected chi connectivity index (χ3v) is 6.26. The fraction of sp³-hybridized carbons (Fsp3) is 0.222. The van der Waals surface area contributed by atoms with Crippen molar-refractivity contribution in [3.63, 3.8) is 0 Å². The van der Waals surface area contributed by atoms with E-state index in [0.717, 1.165) is 18.4 Å². The second-order valence-corrected chi connectivity index (χ2v) is 8.44. The Kier molecular flexibility index (Phi) is 5.31. The Bertz CT molecular complexity index is 1310. The van der Waals surface area contributed by atoms with Gasteiger partial charge in [0.05, 0.1) is 11.1 Å². The van der Waals surface area contributed by atoms with E-state index < -0.39 is 0 Å². The molecule has 1 aliphatic rings. The Morgan fingerprint density at radius 2 is 1.53 bits per heavy atom. The third-order valence-electron chi connectivity index (χ3n) is 6.26. The summed E-state index contributed by atoms with van der Waals surface area (Å²) in [6.07, 6.45) is 2.27. The molecular formula is C27H25N3O2. The van der Waals surface area contributed by atoms with Crippen molar-refractivity contribution in [2.75, 3.05) is 0 Å². The van der Waals surface area contributed by atoms with Crippen molar-refractivity contribution < 1.29 is 4.79 Å². The van der Waals surface area contributed by atoms with Gasteiger partial charge in [0, 0.05) is 18.0 Å². The van der Waals surface area contributed by atoms with Gasteiger partial charge in [-0.15, -0.1) is 0 Å². The van der Waals surface area contributed by atoms with Gasteiger partial charge in [-0.05, 0) is 49.4 Å². The minimum absolute atomic E-state index is 0.0976. The van der Waals surface area contributed by atoms with Gasteiger partial charge in [-0.3, -0.25) is 9.59 Å². The van der Waals surface area contributed by atoms with Crippen LogP contribution in [0.3, 0.4) is 0 Å². The van der Waals surface area contributed by atoms with Gasteiger partial charge >= 0.3 is 0 Å². The lowest BCUT2D eigenvalue weighted by Crippen LogP contribution is -2.40. The lowest BCUT2D eigenvalue weighted by molar-refractivity contribution is 0.0648. The second kappa shape index (κ2) is 8.42. The topological polar surface area (TPSA) is 55.2 Å². The van der Waals surface area contributed by atoms with Crippen molar-refractivity contribution in [3.8, 4) is 5.69 Å². The molecule has 160 valence electrons. The van der Waals surface area contributed by atoms with Gasteiger partial charge in [-0.2, -0.15) is 9.78 Å². The van der Waals surface area contributed by atoms with Crippen LogP contribution in [0.4, 0.5) is 0 Å². The highest BCUT2D eigenvalue weighted by atomic mass is 16.2. The van der Waals surface area contributed by atoms with E-state index in [1.165, 1.54) is 4.68 Å². The Balaban J connectivity index is 1.65. The van der Waals surface area contributed by atoms with Gasteiger partial charge in [0.15, 0.2) is 5.69 Å². The Morgan fingerprint density at radius 1 is 0.938 bits per heavy atom. The first-order chi connectivity index (χ1) is 15.6. The maximum Gasteiger partial charge on any atom is 0.279 e. The van der Waals surface area contributed by atoms with Crippen molar-refractivity contribution in [1.29, 1.82) is 0 Å². The average molecular weight is 424 g/mol. The maximum absolute atomic E-state index is 14.0. The molecule has 5 heteroatoms. The summed E-state index contributed by atoms with van der Waals surface area (Å²) in [6.45, 7) is 2.63. The molecule has 1 aliphatic carbocycles. The molecule has 4 aromatic rings. The Hall–Kier alpha value is -3.73. The van der Waals surface area contributed by atoms with E-state index in [1.54, 1.807) is 6.07 Å². The molecule has 1 amide bonds. The normalized spacial score (nSPS) is 14.3. The molecule has 0 radical (unpaired) electrons. The van der Waals surface area contributed by atoms with Gasteiger partial charge in [0.2, 0.25) is 0 Å². The van der Waals surface area contributed by atoms with Crippen molar-refractivity contribution in [2.45, 2.75) is 32.4 Å². The predicted molar refractivity (Wildman–Crippen MR) is 126 cm³/mol.